The molecule has 2 unspecified atom stereocenters. The number of piperidine rings is 1. The van der Waals surface area contributed by atoms with Gasteiger partial charge in [-0.2, -0.15) is 0 Å². The molecule has 198 valence electrons. The van der Waals surface area contributed by atoms with Crippen molar-refractivity contribution in [2.45, 2.75) is 78.6 Å². The van der Waals surface area contributed by atoms with E-state index in [1.165, 1.54) is 39.2 Å². The molecule has 2 rings (SSSR count). The number of nitrogens with one attached hydrogen (secondary N) is 2. The van der Waals surface area contributed by atoms with Gasteiger partial charge in [-0.15, -0.1) is 0 Å². The third-order valence-corrected chi connectivity index (χ3v) is 6.99. The molecule has 1 aromatic carbocycles. The van der Waals surface area contributed by atoms with Crippen LogP contribution < -0.4 is 10.6 Å². The summed E-state index contributed by atoms with van der Waals surface area (Å²) in [5, 5.41) is 6.57. The molecule has 0 saturated carbocycles. The third-order valence-electron chi connectivity index (χ3n) is 6.99. The first-order valence-corrected chi connectivity index (χ1v) is 13.2. The molecule has 0 bridgehead atoms. The first kappa shape index (κ1) is 29.8. The number of rotatable bonds is 12. The molecule has 2 atom stereocenters. The summed E-state index contributed by atoms with van der Waals surface area (Å²) in [7, 11) is 0. The average Bonchev–Trinajstić information content (AvgIpc) is 2.80. The highest BCUT2D eigenvalue weighted by Crippen LogP contribution is 2.36. The van der Waals surface area contributed by atoms with Gasteiger partial charge < -0.3 is 10.6 Å². The molecular formula is C32H46F2N2. The van der Waals surface area contributed by atoms with Crippen LogP contribution in [-0.4, -0.2) is 19.6 Å². The van der Waals surface area contributed by atoms with Crippen LogP contribution in [0.25, 0.3) is 0 Å². The van der Waals surface area contributed by atoms with Crippen molar-refractivity contribution in [1.82, 2.24) is 10.6 Å². The van der Waals surface area contributed by atoms with Crippen molar-refractivity contribution >= 4 is 0 Å². The Morgan fingerprint density at radius 1 is 1.22 bits per heavy atom. The SMILES string of the molecule is C=C(C)C(=C/C=C/CNCC(C)(F)c1ccc(C)cc1C(C)(C)F)/C(=C\C)CCC1CCCNC1=C. The van der Waals surface area contributed by atoms with Gasteiger partial charge in [-0.05, 0) is 95.4 Å². The van der Waals surface area contributed by atoms with Crippen molar-refractivity contribution in [3.8, 4) is 0 Å². The van der Waals surface area contributed by atoms with E-state index in [1.807, 2.05) is 32.1 Å². The lowest BCUT2D eigenvalue weighted by Gasteiger charge is -2.28. The molecule has 0 spiro atoms. The molecule has 0 aliphatic carbocycles. The molecule has 2 N–H and O–H groups in total. The summed E-state index contributed by atoms with van der Waals surface area (Å²) < 4.78 is 30.4. The maximum Gasteiger partial charge on any atom is 0.145 e. The first-order chi connectivity index (χ1) is 16.9. The fourth-order valence-corrected chi connectivity index (χ4v) is 4.84. The van der Waals surface area contributed by atoms with E-state index in [-0.39, 0.29) is 6.54 Å². The van der Waals surface area contributed by atoms with E-state index in [9.17, 15) is 4.39 Å². The molecule has 1 fully saturated rings. The maximum absolute atomic E-state index is 15.6. The molecule has 4 heteroatoms. The third kappa shape index (κ3) is 8.58. The lowest BCUT2D eigenvalue weighted by Crippen LogP contribution is -2.34. The van der Waals surface area contributed by atoms with E-state index >= 15 is 4.39 Å². The minimum Gasteiger partial charge on any atom is -0.389 e. The summed E-state index contributed by atoms with van der Waals surface area (Å²) in [6.07, 6.45) is 12.7. The van der Waals surface area contributed by atoms with Crippen LogP contribution in [0.3, 0.4) is 0 Å². The highest BCUT2D eigenvalue weighted by atomic mass is 19.1. The average molecular weight is 497 g/mol. The number of hydrogen-bond donors (Lipinski definition) is 2. The summed E-state index contributed by atoms with van der Waals surface area (Å²) in [4.78, 5) is 0. The second-order valence-corrected chi connectivity index (χ2v) is 10.8. The van der Waals surface area contributed by atoms with Crippen LogP contribution in [0, 0.1) is 12.8 Å². The molecule has 1 heterocycles. The summed E-state index contributed by atoms with van der Waals surface area (Å²) in [5.41, 5.74) is 3.06. The summed E-state index contributed by atoms with van der Waals surface area (Å²) in [6.45, 7) is 20.5. The Morgan fingerprint density at radius 3 is 2.56 bits per heavy atom. The smallest absolute Gasteiger partial charge is 0.145 e. The van der Waals surface area contributed by atoms with Gasteiger partial charge in [0.25, 0.3) is 0 Å². The largest absolute Gasteiger partial charge is 0.389 e. The van der Waals surface area contributed by atoms with Crippen LogP contribution in [0.15, 0.2) is 78.1 Å². The minimum atomic E-state index is -1.69. The van der Waals surface area contributed by atoms with Crippen LogP contribution in [-0.2, 0) is 11.3 Å². The molecule has 1 aliphatic heterocycles. The van der Waals surface area contributed by atoms with Gasteiger partial charge in [0.1, 0.15) is 11.3 Å². The number of halogens is 2. The number of alkyl halides is 2. The standard InChI is InChI=1S/C32H46F2N2/c1-9-26(16-17-27-13-12-20-36-25(27)5)28(23(2)3)14-10-11-19-35-22-32(8,34)29-18-15-24(4)21-30(29)31(6,7)33/h9-11,14-15,18,21,27,35-36H,2,5,12-13,16-17,19-20,22H2,1,3-4,6-8H3/b11-10+,26-9-,28-14-. The molecule has 0 aromatic heterocycles. The Bertz CT molecular complexity index is 1010. The Kier molecular flexibility index (Phi) is 10.9. The molecule has 2 nitrogen and oxygen atoms in total. The van der Waals surface area contributed by atoms with Crippen molar-refractivity contribution in [3.63, 3.8) is 0 Å². The van der Waals surface area contributed by atoms with Gasteiger partial charge in [-0.1, -0.05) is 66.8 Å². The molecule has 1 aliphatic rings. The Balaban J connectivity index is 1.98. The van der Waals surface area contributed by atoms with Crippen molar-refractivity contribution in [2.24, 2.45) is 5.92 Å². The predicted molar refractivity (Wildman–Crippen MR) is 152 cm³/mol. The van der Waals surface area contributed by atoms with Gasteiger partial charge in [0, 0.05) is 25.3 Å². The first-order valence-electron chi connectivity index (χ1n) is 13.2. The number of aryl methyl sites for hydroxylation is 1. The summed E-state index contributed by atoms with van der Waals surface area (Å²) in [5.74, 6) is 0.520. The maximum atomic E-state index is 15.6. The van der Waals surface area contributed by atoms with Crippen molar-refractivity contribution < 1.29 is 8.78 Å². The predicted octanol–water partition coefficient (Wildman–Crippen LogP) is 8.27. The quantitative estimate of drug-likeness (QED) is 0.225. The lowest BCUT2D eigenvalue weighted by atomic mass is 9.85. The Hall–Kier alpha value is -2.46. The highest BCUT2D eigenvalue weighted by molar-refractivity contribution is 5.46. The van der Waals surface area contributed by atoms with E-state index in [4.69, 9.17) is 0 Å². The zero-order valence-electron chi connectivity index (χ0n) is 23.2. The molecule has 0 amide bonds. The molecule has 1 saturated heterocycles. The van der Waals surface area contributed by atoms with Crippen LogP contribution in [0.5, 0.6) is 0 Å². The van der Waals surface area contributed by atoms with Gasteiger partial charge >= 0.3 is 0 Å². The van der Waals surface area contributed by atoms with Crippen LogP contribution in [0.4, 0.5) is 8.78 Å². The van der Waals surface area contributed by atoms with Crippen LogP contribution in [0.2, 0.25) is 0 Å². The van der Waals surface area contributed by atoms with E-state index in [0.717, 1.165) is 41.8 Å². The topological polar surface area (TPSA) is 24.1 Å². The monoisotopic (exact) mass is 496 g/mol. The van der Waals surface area contributed by atoms with Crippen molar-refractivity contribution in [2.75, 3.05) is 19.6 Å². The number of hydrogen-bond acceptors (Lipinski definition) is 2. The zero-order valence-corrected chi connectivity index (χ0v) is 23.2. The van der Waals surface area contributed by atoms with Crippen LogP contribution in [0.1, 0.15) is 77.0 Å². The minimum absolute atomic E-state index is 0.0972. The number of allylic oxidation sites excluding steroid dienone is 7. The Morgan fingerprint density at radius 2 is 1.94 bits per heavy atom. The van der Waals surface area contributed by atoms with Crippen molar-refractivity contribution in [1.29, 1.82) is 0 Å². The molecule has 0 radical (unpaired) electrons. The van der Waals surface area contributed by atoms with Gasteiger partial charge in [-0.25, -0.2) is 8.78 Å². The van der Waals surface area contributed by atoms with E-state index in [1.54, 1.807) is 12.1 Å². The highest BCUT2D eigenvalue weighted by Gasteiger charge is 2.33. The summed E-state index contributed by atoms with van der Waals surface area (Å²) in [6, 6.07) is 5.30. The molecule has 1 aromatic rings. The summed E-state index contributed by atoms with van der Waals surface area (Å²) >= 11 is 0. The fourth-order valence-electron chi connectivity index (χ4n) is 4.84. The second-order valence-electron chi connectivity index (χ2n) is 10.8. The van der Waals surface area contributed by atoms with Gasteiger partial charge in [0.05, 0.1) is 0 Å². The van der Waals surface area contributed by atoms with E-state index < -0.39 is 11.3 Å². The van der Waals surface area contributed by atoms with Gasteiger partial charge in [0.15, 0.2) is 0 Å². The number of benzene rings is 1. The zero-order chi connectivity index (χ0) is 26.9. The van der Waals surface area contributed by atoms with E-state index in [0.29, 0.717) is 23.6 Å². The van der Waals surface area contributed by atoms with Crippen LogP contribution >= 0.6 is 0 Å². The Labute approximate surface area is 218 Å². The molecular weight excluding hydrogens is 450 g/mol. The fraction of sp³-hybridized carbons (Fsp3) is 0.500. The second kappa shape index (κ2) is 13.2. The van der Waals surface area contributed by atoms with Gasteiger partial charge in [0.2, 0.25) is 0 Å². The van der Waals surface area contributed by atoms with Gasteiger partial charge in [-0.3, -0.25) is 0 Å². The van der Waals surface area contributed by atoms with E-state index in [2.05, 4.69) is 42.9 Å². The van der Waals surface area contributed by atoms with Crippen molar-refractivity contribution in [3.05, 3.63) is 94.8 Å². The normalized spacial score (nSPS) is 19.3. The lowest BCUT2D eigenvalue weighted by molar-refractivity contribution is 0.169. The molecule has 36 heavy (non-hydrogen) atoms.